The van der Waals surface area contributed by atoms with Crippen LogP contribution in [0.15, 0.2) is 12.3 Å². The fourth-order valence-electron chi connectivity index (χ4n) is 2.57. The van der Waals surface area contributed by atoms with Gasteiger partial charge < -0.3 is 5.73 Å². The monoisotopic (exact) mass is 300 g/mol. The van der Waals surface area contributed by atoms with Gasteiger partial charge in [0.05, 0.1) is 22.6 Å². The van der Waals surface area contributed by atoms with Crippen molar-refractivity contribution in [3.63, 3.8) is 0 Å². The summed E-state index contributed by atoms with van der Waals surface area (Å²) in [6.45, 7) is 7.74. The molecular formula is C15H17FN6. The largest absolute Gasteiger partial charge is 0.396 e. The van der Waals surface area contributed by atoms with Crippen LogP contribution in [-0.4, -0.2) is 24.7 Å². The van der Waals surface area contributed by atoms with Gasteiger partial charge in [-0.3, -0.25) is 4.68 Å². The van der Waals surface area contributed by atoms with Gasteiger partial charge >= 0.3 is 0 Å². The van der Waals surface area contributed by atoms with Gasteiger partial charge in [0.15, 0.2) is 5.82 Å². The summed E-state index contributed by atoms with van der Waals surface area (Å²) in [5.41, 5.74) is 10.3. The van der Waals surface area contributed by atoms with Gasteiger partial charge in [-0.1, -0.05) is 0 Å². The zero-order chi connectivity index (χ0) is 16.0. The maximum atomic E-state index is 13.4. The third-order valence-electron chi connectivity index (χ3n) is 3.55. The first-order valence-electron chi connectivity index (χ1n) is 7.04. The number of pyridine rings is 1. The van der Waals surface area contributed by atoms with Gasteiger partial charge in [0.25, 0.3) is 0 Å². The molecule has 3 heterocycles. The van der Waals surface area contributed by atoms with Crippen LogP contribution < -0.4 is 5.73 Å². The molecule has 114 valence electrons. The van der Waals surface area contributed by atoms with Crippen molar-refractivity contribution >= 4 is 16.7 Å². The van der Waals surface area contributed by atoms with Gasteiger partial charge in [-0.2, -0.15) is 14.5 Å². The zero-order valence-electron chi connectivity index (χ0n) is 12.9. The Morgan fingerprint density at radius 3 is 2.55 bits per heavy atom. The van der Waals surface area contributed by atoms with Crippen molar-refractivity contribution in [1.82, 2.24) is 24.7 Å². The minimum atomic E-state index is -0.600. The molecule has 0 aromatic carbocycles. The van der Waals surface area contributed by atoms with Crippen LogP contribution in [-0.2, 0) is 0 Å². The summed E-state index contributed by atoms with van der Waals surface area (Å²) < 4.78 is 15.2. The fraction of sp³-hybridized carbons (Fsp3) is 0.333. The van der Waals surface area contributed by atoms with Crippen molar-refractivity contribution in [2.24, 2.45) is 0 Å². The van der Waals surface area contributed by atoms with Crippen LogP contribution in [0.1, 0.15) is 31.3 Å². The lowest BCUT2D eigenvalue weighted by Crippen LogP contribution is -2.07. The van der Waals surface area contributed by atoms with Crippen molar-refractivity contribution in [3.8, 4) is 11.4 Å². The molecule has 0 radical (unpaired) electrons. The first kappa shape index (κ1) is 14.4. The Morgan fingerprint density at radius 1 is 1.18 bits per heavy atom. The summed E-state index contributed by atoms with van der Waals surface area (Å²) in [5, 5.41) is 4.50. The predicted octanol–water partition coefficient (Wildman–Crippen LogP) is 2.81. The van der Waals surface area contributed by atoms with E-state index >= 15 is 0 Å². The maximum absolute atomic E-state index is 13.4. The van der Waals surface area contributed by atoms with E-state index in [0.717, 1.165) is 16.7 Å². The van der Waals surface area contributed by atoms with Crippen LogP contribution >= 0.6 is 0 Å². The average molecular weight is 300 g/mol. The molecule has 2 N–H and O–H groups in total. The number of aryl methyl sites for hydroxylation is 2. The molecule has 3 rings (SSSR count). The van der Waals surface area contributed by atoms with Crippen LogP contribution in [0.2, 0.25) is 0 Å². The van der Waals surface area contributed by atoms with E-state index in [-0.39, 0.29) is 11.9 Å². The van der Waals surface area contributed by atoms with E-state index in [1.807, 2.05) is 32.4 Å². The minimum absolute atomic E-state index is 0.129. The number of hydrogen-bond acceptors (Lipinski definition) is 5. The normalized spacial score (nSPS) is 11.5. The molecule has 3 aromatic rings. The third kappa shape index (κ3) is 2.09. The van der Waals surface area contributed by atoms with Gasteiger partial charge in [-0.25, -0.2) is 9.97 Å². The molecule has 0 fully saturated rings. The number of rotatable bonds is 2. The van der Waals surface area contributed by atoms with Gasteiger partial charge in [-0.15, -0.1) is 0 Å². The lowest BCUT2D eigenvalue weighted by Gasteiger charge is -2.12. The highest BCUT2D eigenvalue weighted by atomic mass is 19.1. The molecule has 0 spiro atoms. The maximum Gasteiger partial charge on any atom is 0.216 e. The molecule has 0 aliphatic heterocycles. The Balaban J connectivity index is 2.39. The van der Waals surface area contributed by atoms with Crippen molar-refractivity contribution in [2.45, 2.75) is 33.7 Å². The number of nitrogen functional groups attached to an aromatic ring is 1. The van der Waals surface area contributed by atoms with E-state index in [4.69, 9.17) is 5.73 Å². The van der Waals surface area contributed by atoms with Crippen molar-refractivity contribution in [2.75, 3.05) is 5.73 Å². The number of hydrogen-bond donors (Lipinski definition) is 1. The molecule has 0 amide bonds. The average Bonchev–Trinajstić information content (AvgIpc) is 2.77. The molecule has 0 aliphatic rings. The highest BCUT2D eigenvalue weighted by Gasteiger charge is 2.21. The summed E-state index contributed by atoms with van der Waals surface area (Å²) >= 11 is 0. The van der Waals surface area contributed by atoms with E-state index in [2.05, 4.69) is 20.1 Å². The minimum Gasteiger partial charge on any atom is -0.396 e. The molecule has 22 heavy (non-hydrogen) atoms. The lowest BCUT2D eigenvalue weighted by molar-refractivity contribution is 0.547. The number of aromatic nitrogens is 5. The molecule has 3 aromatic heterocycles. The number of nitrogens with two attached hydrogens (primary N) is 1. The smallest absolute Gasteiger partial charge is 0.216 e. The summed E-state index contributed by atoms with van der Waals surface area (Å²) in [6.07, 6.45) is 1.37. The molecule has 6 nitrogen and oxygen atoms in total. The second-order valence-electron chi connectivity index (χ2n) is 5.51. The van der Waals surface area contributed by atoms with Gasteiger partial charge in [0, 0.05) is 18.3 Å². The van der Waals surface area contributed by atoms with Crippen molar-refractivity contribution in [1.29, 1.82) is 0 Å². The van der Waals surface area contributed by atoms with E-state index in [1.54, 1.807) is 0 Å². The van der Waals surface area contributed by atoms with Crippen LogP contribution in [0.5, 0.6) is 0 Å². The van der Waals surface area contributed by atoms with Crippen molar-refractivity contribution < 1.29 is 4.39 Å². The first-order chi connectivity index (χ1) is 10.4. The summed E-state index contributed by atoms with van der Waals surface area (Å²) in [7, 11) is 0. The predicted molar refractivity (Wildman–Crippen MR) is 82.8 cm³/mol. The Hall–Kier alpha value is -2.57. The fourth-order valence-corrected chi connectivity index (χ4v) is 2.57. The summed E-state index contributed by atoms with van der Waals surface area (Å²) in [4.78, 5) is 12.5. The Labute approximate surface area is 127 Å². The van der Waals surface area contributed by atoms with E-state index in [0.29, 0.717) is 16.9 Å². The highest BCUT2D eigenvalue weighted by molar-refractivity contribution is 5.97. The van der Waals surface area contributed by atoms with Gasteiger partial charge in [0.2, 0.25) is 5.95 Å². The quantitative estimate of drug-likeness (QED) is 0.736. The molecule has 0 saturated carbocycles. The van der Waals surface area contributed by atoms with E-state index < -0.39 is 5.95 Å². The third-order valence-corrected chi connectivity index (χ3v) is 3.55. The Bertz CT molecular complexity index is 868. The second-order valence-corrected chi connectivity index (χ2v) is 5.51. The Morgan fingerprint density at radius 2 is 1.91 bits per heavy atom. The van der Waals surface area contributed by atoms with E-state index in [9.17, 15) is 4.39 Å². The van der Waals surface area contributed by atoms with E-state index in [1.165, 1.54) is 12.3 Å². The Kier molecular flexibility index (Phi) is 3.27. The molecule has 0 saturated heterocycles. The standard InChI is InChI=1S/C15H17FN6/c1-7(2)22-14-12(17)11(15-18-6-5-10(16)20-15)8(3)19-13(14)9(4)21-22/h5-7H,1-4H3,(H2,17,19). The molecule has 7 heteroatoms. The molecule has 0 aliphatic carbocycles. The van der Waals surface area contributed by atoms with Crippen LogP contribution in [0.3, 0.4) is 0 Å². The molecule has 0 bridgehead atoms. The molecule has 0 atom stereocenters. The highest BCUT2D eigenvalue weighted by Crippen LogP contribution is 2.34. The van der Waals surface area contributed by atoms with Crippen LogP contribution in [0, 0.1) is 19.8 Å². The topological polar surface area (TPSA) is 82.5 Å². The number of halogens is 1. The number of anilines is 1. The first-order valence-corrected chi connectivity index (χ1v) is 7.04. The second kappa shape index (κ2) is 5.01. The molecular weight excluding hydrogens is 283 g/mol. The van der Waals surface area contributed by atoms with Gasteiger partial charge in [0.1, 0.15) is 11.0 Å². The van der Waals surface area contributed by atoms with Crippen LogP contribution in [0.4, 0.5) is 10.1 Å². The molecule has 0 unspecified atom stereocenters. The number of nitrogens with zero attached hydrogens (tertiary/aromatic N) is 5. The SMILES string of the molecule is Cc1nc2c(C)nn(C(C)C)c2c(N)c1-c1nccc(F)n1. The lowest BCUT2D eigenvalue weighted by atomic mass is 10.1. The van der Waals surface area contributed by atoms with Gasteiger partial charge in [-0.05, 0) is 27.7 Å². The number of fused-ring (bicyclic) bond motifs is 1. The zero-order valence-corrected chi connectivity index (χ0v) is 12.9. The summed E-state index contributed by atoms with van der Waals surface area (Å²) in [6, 6.07) is 1.33. The van der Waals surface area contributed by atoms with Crippen molar-refractivity contribution in [3.05, 3.63) is 29.6 Å². The summed E-state index contributed by atoms with van der Waals surface area (Å²) in [5.74, 6) is -0.365. The van der Waals surface area contributed by atoms with Crippen LogP contribution in [0.25, 0.3) is 22.4 Å².